The van der Waals surface area contributed by atoms with Crippen molar-refractivity contribution in [3.63, 3.8) is 0 Å². The van der Waals surface area contributed by atoms with Crippen LogP contribution >= 0.6 is 0 Å². The van der Waals surface area contributed by atoms with E-state index in [1.807, 2.05) is 36.5 Å². The van der Waals surface area contributed by atoms with Crippen molar-refractivity contribution in [1.29, 1.82) is 0 Å². The van der Waals surface area contributed by atoms with Crippen molar-refractivity contribution in [2.45, 2.75) is 91.3 Å². The Morgan fingerprint density at radius 1 is 1.03 bits per heavy atom. The van der Waals surface area contributed by atoms with Crippen molar-refractivity contribution in [3.8, 4) is 23.0 Å². The molecule has 1 amide bonds. The average Bonchev–Trinajstić information content (AvgIpc) is 3.27. The van der Waals surface area contributed by atoms with E-state index in [0.29, 0.717) is 43.4 Å². The van der Waals surface area contributed by atoms with Crippen LogP contribution in [0.25, 0.3) is 16.7 Å². The molecule has 0 spiro atoms. The fraction of sp³-hybridized carbons (Fsp3) is 0.358. The van der Waals surface area contributed by atoms with E-state index >= 15 is 0 Å². The molecule has 1 atom stereocenters. The first-order valence-corrected chi connectivity index (χ1v) is 21.2. The lowest BCUT2D eigenvalue weighted by atomic mass is 9.94. The van der Waals surface area contributed by atoms with Gasteiger partial charge >= 0.3 is 0 Å². The molecule has 2 N–H and O–H groups in total. The molecule has 3 aromatic rings. The Hall–Kier alpha value is -5.92. The second-order valence-electron chi connectivity index (χ2n) is 14.7. The number of amides is 1. The highest BCUT2D eigenvalue weighted by atomic mass is 16.5. The Morgan fingerprint density at radius 2 is 1.81 bits per heavy atom. The number of pyridine rings is 1. The van der Waals surface area contributed by atoms with Gasteiger partial charge in [0.2, 0.25) is 5.91 Å². The molecule has 1 aliphatic carbocycles. The fourth-order valence-corrected chi connectivity index (χ4v) is 6.52. The van der Waals surface area contributed by atoms with E-state index in [-0.39, 0.29) is 24.7 Å². The molecular formula is C53H67N3O6. The third kappa shape index (κ3) is 18.4. The molecule has 330 valence electrons. The smallest absolute Gasteiger partial charge is 0.237 e. The largest absolute Gasteiger partial charge is 0.508 e. The standard InChI is InChI=1S/C28H36N2O5.C23H27NO.C2H4/c1-5-26(33)15-12-22(2)9-7-17-35-18-8-10-23-13-14-24(21-32)25(19-23)20-30(4)27(11-6-16-31)28(34)29-3;1-4-19(7-6-14-25-21-8-5-9-21)20-10-11-22(18(3)15-20)23-16-24-13-12-17(23)2;1-2/h5,12-16,19,21,27,33H,2,6,8,10-11,17-18,20H2,1,3-4H3,(H,29,34);4,6-7,10-13,15-16,21H,5,8-9,14H2,1-3H3;1-2H2/b15-12-,26-5+;7-6-,19-4+;. The zero-order valence-electron chi connectivity index (χ0n) is 37.8. The Kier molecular flexibility index (Phi) is 25.4. The van der Waals surface area contributed by atoms with Crippen molar-refractivity contribution < 1.29 is 29.0 Å². The summed E-state index contributed by atoms with van der Waals surface area (Å²) < 4.78 is 11.4. The van der Waals surface area contributed by atoms with Crippen LogP contribution in [0.4, 0.5) is 0 Å². The molecule has 1 heterocycles. The quantitative estimate of drug-likeness (QED) is 0.0272. The number of carbonyl (C=O) groups excluding carboxylic acids is 3. The molecule has 0 bridgehead atoms. The minimum Gasteiger partial charge on any atom is -0.508 e. The molecule has 0 radical (unpaired) electrons. The second kappa shape index (κ2) is 30.2. The Bertz CT molecular complexity index is 2080. The van der Waals surface area contributed by atoms with Crippen LogP contribution in [0.3, 0.4) is 0 Å². The lowest BCUT2D eigenvalue weighted by Crippen LogP contribution is -2.43. The summed E-state index contributed by atoms with van der Waals surface area (Å²) in [6.07, 6.45) is 23.1. The van der Waals surface area contributed by atoms with Crippen LogP contribution in [-0.4, -0.2) is 79.5 Å². The Morgan fingerprint density at radius 3 is 2.44 bits per heavy atom. The third-order valence-electron chi connectivity index (χ3n) is 10.3. The number of aliphatic hydroxyl groups excluding tert-OH is 1. The molecule has 4 rings (SSSR count). The van der Waals surface area contributed by atoms with Crippen LogP contribution in [-0.2, 0) is 32.0 Å². The van der Waals surface area contributed by atoms with Crippen LogP contribution in [0.5, 0.6) is 0 Å². The van der Waals surface area contributed by atoms with Crippen LogP contribution in [0.15, 0.2) is 122 Å². The van der Waals surface area contributed by atoms with Gasteiger partial charge in [-0.05, 0) is 137 Å². The molecule has 1 fully saturated rings. The first-order valence-electron chi connectivity index (χ1n) is 21.2. The predicted octanol–water partition coefficient (Wildman–Crippen LogP) is 10.2. The number of allylic oxidation sites excluding steroid dienone is 7. The minimum absolute atomic E-state index is 0.157. The maximum atomic E-state index is 12.2. The van der Waals surface area contributed by atoms with Gasteiger partial charge in [-0.3, -0.25) is 19.5 Å². The van der Waals surface area contributed by atoms with Crippen LogP contribution in [0.2, 0.25) is 0 Å². The number of hydrogen-bond donors (Lipinski definition) is 2. The number of nitrogens with zero attached hydrogens (tertiary/aromatic N) is 2. The van der Waals surface area contributed by atoms with Gasteiger partial charge in [0, 0.05) is 55.7 Å². The van der Waals surface area contributed by atoms with Crippen LogP contribution < -0.4 is 5.32 Å². The van der Waals surface area contributed by atoms with E-state index in [1.165, 1.54) is 58.7 Å². The first-order chi connectivity index (χ1) is 30.0. The lowest BCUT2D eigenvalue weighted by Gasteiger charge is -2.27. The molecule has 62 heavy (non-hydrogen) atoms. The highest BCUT2D eigenvalue weighted by Gasteiger charge is 2.23. The minimum atomic E-state index is -0.455. The number of likely N-dealkylation sites (N-methyl/N-ethyl adjacent to an activating group) is 2. The number of rotatable bonds is 21. The van der Waals surface area contributed by atoms with Gasteiger partial charge in [-0.1, -0.05) is 73.0 Å². The lowest BCUT2D eigenvalue weighted by molar-refractivity contribution is -0.126. The summed E-state index contributed by atoms with van der Waals surface area (Å²) in [6.45, 7) is 19.8. The third-order valence-corrected chi connectivity index (χ3v) is 10.3. The van der Waals surface area contributed by atoms with Crippen LogP contribution in [0, 0.1) is 25.7 Å². The second-order valence-corrected chi connectivity index (χ2v) is 14.7. The molecule has 9 nitrogen and oxygen atoms in total. The summed E-state index contributed by atoms with van der Waals surface area (Å²) in [7, 11) is 3.38. The number of carbonyl (C=O) groups is 3. The van der Waals surface area contributed by atoms with E-state index in [2.05, 4.69) is 105 Å². The maximum Gasteiger partial charge on any atom is 0.237 e. The zero-order chi connectivity index (χ0) is 45.7. The summed E-state index contributed by atoms with van der Waals surface area (Å²) in [5, 5.41) is 12.0. The Labute approximate surface area is 371 Å². The fourth-order valence-electron chi connectivity index (χ4n) is 6.52. The van der Waals surface area contributed by atoms with Gasteiger partial charge in [-0.25, -0.2) is 0 Å². The monoisotopic (exact) mass is 842 g/mol. The van der Waals surface area contributed by atoms with E-state index in [4.69, 9.17) is 9.47 Å². The van der Waals surface area contributed by atoms with Gasteiger partial charge in [0.05, 0.1) is 18.8 Å². The SMILES string of the molecule is C/C=C(\C=C/COC1CCC1)c1ccc(-c2cnccc2C)c(C)c1.C=C.C=C(C#CCOCCCc1ccc(C=O)c(CN(C)C(CCC=O)C(=O)NC)c1)/C=C\C(O)=C/C. The highest BCUT2D eigenvalue weighted by molar-refractivity contribution is 5.82. The number of ether oxygens (including phenoxy) is 2. The van der Waals surface area contributed by atoms with Crippen molar-refractivity contribution in [2.24, 2.45) is 0 Å². The van der Waals surface area contributed by atoms with E-state index in [0.717, 1.165) is 36.5 Å². The summed E-state index contributed by atoms with van der Waals surface area (Å²) in [5.74, 6) is 5.75. The average molecular weight is 842 g/mol. The highest BCUT2D eigenvalue weighted by Crippen LogP contribution is 2.29. The number of aromatic nitrogens is 1. The zero-order valence-corrected chi connectivity index (χ0v) is 37.8. The molecule has 1 saturated carbocycles. The van der Waals surface area contributed by atoms with Gasteiger partial charge in [-0.2, -0.15) is 0 Å². The molecule has 2 aromatic carbocycles. The van der Waals surface area contributed by atoms with E-state index in [9.17, 15) is 19.5 Å². The number of hydrogen-bond acceptors (Lipinski definition) is 8. The van der Waals surface area contributed by atoms with Gasteiger partial charge in [-0.15, -0.1) is 13.2 Å². The predicted molar refractivity (Wildman–Crippen MR) is 255 cm³/mol. The van der Waals surface area contributed by atoms with Crippen LogP contribution in [0.1, 0.15) is 90.5 Å². The topological polar surface area (TPSA) is 118 Å². The van der Waals surface area contributed by atoms with Crippen molar-refractivity contribution in [1.82, 2.24) is 15.2 Å². The van der Waals surface area contributed by atoms with Gasteiger partial charge in [0.15, 0.2) is 0 Å². The van der Waals surface area contributed by atoms with E-state index in [1.54, 1.807) is 32.2 Å². The van der Waals surface area contributed by atoms with E-state index < -0.39 is 6.04 Å². The maximum absolute atomic E-state index is 12.2. The molecular weight excluding hydrogens is 775 g/mol. The van der Waals surface area contributed by atoms with Gasteiger partial charge in [0.25, 0.3) is 0 Å². The molecule has 1 aromatic heterocycles. The number of aliphatic hydroxyl groups is 1. The van der Waals surface area contributed by atoms with Crippen molar-refractivity contribution in [3.05, 3.63) is 156 Å². The molecule has 0 aliphatic heterocycles. The number of nitrogens with one attached hydrogen (secondary N) is 1. The normalized spacial score (nSPS) is 13.2. The summed E-state index contributed by atoms with van der Waals surface area (Å²) in [6, 6.07) is 14.0. The van der Waals surface area contributed by atoms with Crippen molar-refractivity contribution in [2.75, 3.05) is 33.9 Å². The van der Waals surface area contributed by atoms with Gasteiger partial charge < -0.3 is 24.7 Å². The summed E-state index contributed by atoms with van der Waals surface area (Å²) >= 11 is 0. The molecule has 9 heteroatoms. The Balaban J connectivity index is 0.000000429. The first kappa shape index (κ1) is 52.2. The number of benzene rings is 2. The number of aldehydes is 2. The van der Waals surface area contributed by atoms with Gasteiger partial charge in [0.1, 0.15) is 24.9 Å². The summed E-state index contributed by atoms with van der Waals surface area (Å²) in [4.78, 5) is 40.7. The molecule has 1 aliphatic rings. The summed E-state index contributed by atoms with van der Waals surface area (Å²) in [5.41, 5.74) is 10.5. The molecule has 0 saturated heterocycles. The molecule has 1 unspecified atom stereocenters. The van der Waals surface area contributed by atoms with Crippen molar-refractivity contribution >= 4 is 24.1 Å². The number of aryl methyl sites for hydroxylation is 3.